The Morgan fingerprint density at radius 2 is 2.36 bits per heavy atom. The Hall–Kier alpha value is -0.340. The molecule has 1 saturated heterocycles. The van der Waals surface area contributed by atoms with Crippen molar-refractivity contribution in [1.29, 1.82) is 0 Å². The maximum atomic E-state index is 5.60. The molecule has 0 aromatic rings. The summed E-state index contributed by atoms with van der Waals surface area (Å²) < 4.78 is 5.60. The van der Waals surface area contributed by atoms with Gasteiger partial charge in [-0.05, 0) is 33.2 Å². The van der Waals surface area contributed by atoms with E-state index in [1.54, 1.807) is 0 Å². The van der Waals surface area contributed by atoms with Gasteiger partial charge in [0, 0.05) is 18.6 Å². The first-order valence-electron chi connectivity index (χ1n) is 5.64. The molecule has 14 heavy (non-hydrogen) atoms. The molecule has 1 fully saturated rings. The van der Waals surface area contributed by atoms with Crippen molar-refractivity contribution < 1.29 is 4.74 Å². The van der Waals surface area contributed by atoms with E-state index in [9.17, 15) is 0 Å². The molecule has 1 rings (SSSR count). The zero-order chi connectivity index (χ0) is 10.6. The smallest absolute Gasteiger partial charge is 0.0590 e. The van der Waals surface area contributed by atoms with Gasteiger partial charge in [0.05, 0.1) is 6.10 Å². The normalized spacial score (nSPS) is 29.1. The van der Waals surface area contributed by atoms with Crippen LogP contribution in [-0.2, 0) is 4.74 Å². The molecule has 0 bridgehead atoms. The fourth-order valence-electron chi connectivity index (χ4n) is 2.29. The van der Waals surface area contributed by atoms with E-state index in [1.165, 1.54) is 12.0 Å². The van der Waals surface area contributed by atoms with Crippen LogP contribution in [0.5, 0.6) is 0 Å². The molecule has 0 aliphatic carbocycles. The van der Waals surface area contributed by atoms with Crippen molar-refractivity contribution in [3.8, 4) is 0 Å². The fraction of sp³-hybridized carbons (Fsp3) is 0.833. The lowest BCUT2D eigenvalue weighted by Gasteiger charge is -2.26. The van der Waals surface area contributed by atoms with Crippen molar-refractivity contribution in [3.05, 3.63) is 12.2 Å². The molecule has 1 aliphatic heterocycles. The molecule has 3 unspecified atom stereocenters. The highest BCUT2D eigenvalue weighted by Crippen LogP contribution is 2.26. The quantitative estimate of drug-likeness (QED) is 0.683. The lowest BCUT2D eigenvalue weighted by Crippen LogP contribution is -2.39. The average molecular weight is 197 g/mol. The lowest BCUT2D eigenvalue weighted by molar-refractivity contribution is 0.0956. The molecule has 1 N–H and O–H groups in total. The third-order valence-corrected chi connectivity index (χ3v) is 2.99. The monoisotopic (exact) mass is 197 g/mol. The third kappa shape index (κ3) is 3.10. The molecule has 0 radical (unpaired) electrons. The van der Waals surface area contributed by atoms with Crippen molar-refractivity contribution in [2.45, 2.75) is 45.8 Å². The molecule has 2 heteroatoms. The van der Waals surface area contributed by atoms with Crippen LogP contribution in [0.2, 0.25) is 0 Å². The zero-order valence-electron chi connectivity index (χ0n) is 9.68. The number of hydrogen-bond acceptors (Lipinski definition) is 2. The predicted octanol–water partition coefficient (Wildman–Crippen LogP) is 2.36. The van der Waals surface area contributed by atoms with Crippen LogP contribution in [0.3, 0.4) is 0 Å². The summed E-state index contributed by atoms with van der Waals surface area (Å²) in [5.74, 6) is 0.659. The van der Waals surface area contributed by atoms with Crippen LogP contribution in [0, 0.1) is 5.92 Å². The Bertz CT molecular complexity index is 191. The summed E-state index contributed by atoms with van der Waals surface area (Å²) in [7, 11) is 0. The van der Waals surface area contributed by atoms with E-state index in [-0.39, 0.29) is 0 Å². The summed E-state index contributed by atoms with van der Waals surface area (Å²) in [6.07, 6.45) is 2.66. The minimum Gasteiger partial charge on any atom is -0.378 e. The van der Waals surface area contributed by atoms with Gasteiger partial charge in [-0.1, -0.05) is 12.5 Å². The summed E-state index contributed by atoms with van der Waals surface area (Å²) in [5.41, 5.74) is 1.26. The van der Waals surface area contributed by atoms with Gasteiger partial charge >= 0.3 is 0 Å². The van der Waals surface area contributed by atoms with Crippen molar-refractivity contribution in [1.82, 2.24) is 5.32 Å². The van der Waals surface area contributed by atoms with Gasteiger partial charge in [-0.3, -0.25) is 0 Å². The highest BCUT2D eigenvalue weighted by atomic mass is 16.5. The Morgan fingerprint density at radius 1 is 1.64 bits per heavy atom. The van der Waals surface area contributed by atoms with Crippen LogP contribution < -0.4 is 5.32 Å². The van der Waals surface area contributed by atoms with Gasteiger partial charge < -0.3 is 10.1 Å². The number of hydrogen-bond donors (Lipinski definition) is 1. The van der Waals surface area contributed by atoms with E-state index in [0.29, 0.717) is 18.1 Å². The Balaban J connectivity index is 2.51. The molecule has 0 spiro atoms. The van der Waals surface area contributed by atoms with Crippen LogP contribution in [0.15, 0.2) is 12.2 Å². The highest BCUT2D eigenvalue weighted by Gasteiger charge is 2.30. The third-order valence-electron chi connectivity index (χ3n) is 2.99. The maximum Gasteiger partial charge on any atom is 0.0590 e. The van der Waals surface area contributed by atoms with Crippen LogP contribution in [-0.4, -0.2) is 25.3 Å². The highest BCUT2D eigenvalue weighted by molar-refractivity contribution is 4.97. The van der Waals surface area contributed by atoms with Gasteiger partial charge in [0.2, 0.25) is 0 Å². The van der Waals surface area contributed by atoms with E-state index in [4.69, 9.17) is 4.74 Å². The second-order valence-corrected chi connectivity index (χ2v) is 4.35. The SMILES string of the molecule is C=C(C)CC(NCC)C1CCOC1C. The Labute approximate surface area is 87.7 Å². The molecule has 0 saturated carbocycles. The topological polar surface area (TPSA) is 21.3 Å². The van der Waals surface area contributed by atoms with Crippen LogP contribution in [0.25, 0.3) is 0 Å². The molecule has 2 nitrogen and oxygen atoms in total. The molecule has 1 heterocycles. The largest absolute Gasteiger partial charge is 0.378 e. The second kappa shape index (κ2) is 5.52. The zero-order valence-corrected chi connectivity index (χ0v) is 9.68. The number of ether oxygens (including phenoxy) is 1. The van der Waals surface area contributed by atoms with Gasteiger partial charge in [0.25, 0.3) is 0 Å². The summed E-state index contributed by atoms with van der Waals surface area (Å²) in [4.78, 5) is 0. The summed E-state index contributed by atoms with van der Waals surface area (Å²) in [6.45, 7) is 12.4. The van der Waals surface area contributed by atoms with Crippen molar-refractivity contribution >= 4 is 0 Å². The van der Waals surface area contributed by atoms with Gasteiger partial charge in [-0.25, -0.2) is 0 Å². The van der Waals surface area contributed by atoms with E-state index < -0.39 is 0 Å². The first-order valence-corrected chi connectivity index (χ1v) is 5.64. The lowest BCUT2D eigenvalue weighted by atomic mass is 9.89. The van der Waals surface area contributed by atoms with Crippen LogP contribution in [0.4, 0.5) is 0 Å². The standard InChI is InChI=1S/C12H23NO/c1-5-13-12(8-9(2)3)11-6-7-14-10(11)4/h10-13H,2,5-8H2,1,3-4H3. The molecule has 1 aliphatic rings. The van der Waals surface area contributed by atoms with Crippen molar-refractivity contribution in [2.75, 3.05) is 13.2 Å². The van der Waals surface area contributed by atoms with Crippen molar-refractivity contribution in [3.63, 3.8) is 0 Å². The molecule has 3 atom stereocenters. The number of nitrogens with one attached hydrogen (secondary N) is 1. The van der Waals surface area contributed by atoms with Gasteiger partial charge in [0.1, 0.15) is 0 Å². The minimum atomic E-state index is 0.401. The maximum absolute atomic E-state index is 5.60. The Morgan fingerprint density at radius 3 is 2.79 bits per heavy atom. The fourth-order valence-corrected chi connectivity index (χ4v) is 2.29. The summed E-state index contributed by atoms with van der Waals surface area (Å²) in [6, 6.07) is 0.551. The molecule has 0 amide bonds. The first kappa shape index (κ1) is 11.7. The van der Waals surface area contributed by atoms with Crippen LogP contribution >= 0.6 is 0 Å². The molecule has 0 aromatic carbocycles. The summed E-state index contributed by atoms with van der Waals surface area (Å²) in [5, 5.41) is 3.55. The predicted molar refractivity (Wildman–Crippen MR) is 60.4 cm³/mol. The molecule has 82 valence electrons. The second-order valence-electron chi connectivity index (χ2n) is 4.35. The van der Waals surface area contributed by atoms with Gasteiger partial charge in [-0.2, -0.15) is 0 Å². The van der Waals surface area contributed by atoms with Gasteiger partial charge in [0.15, 0.2) is 0 Å². The summed E-state index contributed by atoms with van der Waals surface area (Å²) >= 11 is 0. The minimum absolute atomic E-state index is 0.401. The van der Waals surface area contributed by atoms with Crippen molar-refractivity contribution in [2.24, 2.45) is 5.92 Å². The molecular weight excluding hydrogens is 174 g/mol. The molecular formula is C12H23NO. The van der Waals surface area contributed by atoms with E-state index in [1.807, 2.05) is 0 Å². The van der Waals surface area contributed by atoms with Crippen LogP contribution in [0.1, 0.15) is 33.6 Å². The molecule has 0 aromatic heterocycles. The van der Waals surface area contributed by atoms with E-state index >= 15 is 0 Å². The van der Waals surface area contributed by atoms with Gasteiger partial charge in [-0.15, -0.1) is 6.58 Å². The average Bonchev–Trinajstić information content (AvgIpc) is 2.50. The first-order chi connectivity index (χ1) is 6.65. The van der Waals surface area contributed by atoms with E-state index in [0.717, 1.165) is 19.6 Å². The number of rotatable bonds is 5. The Kier molecular flexibility index (Phi) is 4.63. The van der Waals surface area contributed by atoms with E-state index in [2.05, 4.69) is 32.7 Å².